The van der Waals surface area contributed by atoms with Crippen molar-refractivity contribution >= 4 is 0 Å². The van der Waals surface area contributed by atoms with Gasteiger partial charge < -0.3 is 10.5 Å². The fourth-order valence-corrected chi connectivity index (χ4v) is 2.80. The highest BCUT2D eigenvalue weighted by Crippen LogP contribution is 2.31. The Morgan fingerprint density at radius 1 is 1.24 bits per heavy atom. The molecule has 0 aromatic carbocycles. The highest BCUT2D eigenvalue weighted by Gasteiger charge is 2.20. The van der Waals surface area contributed by atoms with Crippen molar-refractivity contribution < 1.29 is 13.5 Å². The molecule has 4 nitrogen and oxygen atoms in total. The summed E-state index contributed by atoms with van der Waals surface area (Å²) in [6.45, 7) is 8.01. The molecule has 0 bridgehead atoms. The van der Waals surface area contributed by atoms with Crippen molar-refractivity contribution in [3.8, 4) is 17.0 Å². The minimum Gasteiger partial charge on any atom is -0.491 e. The van der Waals surface area contributed by atoms with E-state index in [1.807, 2.05) is 33.8 Å². The molecule has 0 unspecified atom stereocenters. The van der Waals surface area contributed by atoms with E-state index in [4.69, 9.17) is 10.5 Å². The number of aryl methyl sites for hydroxylation is 1. The summed E-state index contributed by atoms with van der Waals surface area (Å²) in [6.07, 6.45) is -0.340. The van der Waals surface area contributed by atoms with Crippen LogP contribution in [0.2, 0.25) is 0 Å². The highest BCUT2D eigenvalue weighted by atomic mass is 19.3. The van der Waals surface area contributed by atoms with Gasteiger partial charge in [-0.05, 0) is 57.4 Å². The Hall–Kier alpha value is -2.08. The van der Waals surface area contributed by atoms with Gasteiger partial charge in [-0.2, -0.15) is 0 Å². The van der Waals surface area contributed by atoms with Crippen LogP contribution in [0.15, 0.2) is 30.5 Å². The predicted molar refractivity (Wildman–Crippen MR) is 94.7 cm³/mol. The second kappa shape index (κ2) is 7.87. The molecule has 0 fully saturated rings. The van der Waals surface area contributed by atoms with Crippen molar-refractivity contribution in [1.29, 1.82) is 0 Å². The minimum atomic E-state index is -2.71. The molecular formula is C19H25F2N3O. The van der Waals surface area contributed by atoms with E-state index in [0.717, 1.165) is 17.7 Å². The van der Waals surface area contributed by atoms with E-state index in [9.17, 15) is 8.78 Å². The zero-order chi connectivity index (χ0) is 18.6. The summed E-state index contributed by atoms with van der Waals surface area (Å²) in [5.41, 5.74) is 7.35. The van der Waals surface area contributed by atoms with Crippen molar-refractivity contribution in [3.05, 3.63) is 41.9 Å². The molecule has 0 aliphatic heterocycles. The van der Waals surface area contributed by atoms with Crippen LogP contribution in [-0.4, -0.2) is 22.1 Å². The van der Waals surface area contributed by atoms with Crippen molar-refractivity contribution in [2.45, 2.75) is 46.1 Å². The number of aromatic nitrogens is 2. The van der Waals surface area contributed by atoms with E-state index in [2.05, 4.69) is 9.97 Å². The Labute approximate surface area is 147 Å². The molecule has 2 heterocycles. The molecule has 2 N–H and O–H groups in total. The number of ether oxygens (including phenoxy) is 1. The Bertz CT molecular complexity index is 714. The van der Waals surface area contributed by atoms with Crippen molar-refractivity contribution in [2.24, 2.45) is 11.7 Å². The van der Waals surface area contributed by atoms with Gasteiger partial charge in [0.1, 0.15) is 11.4 Å². The van der Waals surface area contributed by atoms with E-state index in [1.165, 1.54) is 0 Å². The van der Waals surface area contributed by atoms with Gasteiger partial charge in [-0.3, -0.25) is 4.98 Å². The lowest BCUT2D eigenvalue weighted by atomic mass is 9.93. The van der Waals surface area contributed by atoms with Gasteiger partial charge in [0.25, 0.3) is 6.43 Å². The summed E-state index contributed by atoms with van der Waals surface area (Å²) in [5, 5.41) is 0. The highest BCUT2D eigenvalue weighted by molar-refractivity contribution is 5.60. The molecule has 2 aromatic rings. The van der Waals surface area contributed by atoms with Gasteiger partial charge in [0.05, 0.1) is 12.3 Å². The van der Waals surface area contributed by atoms with Crippen LogP contribution < -0.4 is 10.5 Å². The summed E-state index contributed by atoms with van der Waals surface area (Å²) in [6, 6.07) is 6.80. The van der Waals surface area contributed by atoms with Gasteiger partial charge in [0, 0.05) is 23.0 Å². The van der Waals surface area contributed by atoms with Crippen LogP contribution in [-0.2, 0) is 0 Å². The van der Waals surface area contributed by atoms with Gasteiger partial charge in [0.15, 0.2) is 0 Å². The van der Waals surface area contributed by atoms with Gasteiger partial charge in [-0.1, -0.05) is 6.92 Å². The third kappa shape index (κ3) is 5.74. The molecule has 2 aromatic heterocycles. The summed E-state index contributed by atoms with van der Waals surface area (Å²) in [7, 11) is 0. The van der Waals surface area contributed by atoms with E-state index in [-0.39, 0.29) is 22.9 Å². The largest absolute Gasteiger partial charge is 0.491 e. The average Bonchev–Trinajstić information content (AvgIpc) is 2.51. The molecule has 0 radical (unpaired) electrons. The van der Waals surface area contributed by atoms with Crippen molar-refractivity contribution in [3.63, 3.8) is 0 Å². The molecular weight excluding hydrogens is 324 g/mol. The number of hydrogen-bond acceptors (Lipinski definition) is 4. The number of nitrogens with zero attached hydrogens (tertiary/aromatic N) is 2. The summed E-state index contributed by atoms with van der Waals surface area (Å²) >= 11 is 0. The molecule has 0 aliphatic carbocycles. The maximum Gasteiger partial charge on any atom is 0.284 e. The molecule has 0 amide bonds. The third-order valence-electron chi connectivity index (χ3n) is 3.68. The number of alkyl halides is 2. The molecule has 0 saturated heterocycles. The van der Waals surface area contributed by atoms with Crippen LogP contribution in [0, 0.1) is 12.8 Å². The first-order valence-corrected chi connectivity index (χ1v) is 8.29. The average molecular weight is 349 g/mol. The number of rotatable bonds is 7. The van der Waals surface area contributed by atoms with E-state index in [0.29, 0.717) is 12.3 Å². The lowest BCUT2D eigenvalue weighted by Crippen LogP contribution is -2.35. The zero-order valence-electron chi connectivity index (χ0n) is 15.1. The fourth-order valence-electron chi connectivity index (χ4n) is 2.80. The second-order valence-corrected chi connectivity index (χ2v) is 7.18. The van der Waals surface area contributed by atoms with Crippen LogP contribution in [0.3, 0.4) is 0 Å². The standard InChI is InChI=1S/C19H25F2N3O/c1-12(10-19(3,4)22)11-25-16-6-5-15(24-17(16)18(20)21)14-7-8-23-13(2)9-14/h5-9,12,18H,10-11,22H2,1-4H3/t12-/m0/s1. The normalized spacial score (nSPS) is 13.1. The maximum absolute atomic E-state index is 13.4. The molecule has 1 atom stereocenters. The van der Waals surface area contributed by atoms with Gasteiger partial charge in [-0.15, -0.1) is 0 Å². The van der Waals surface area contributed by atoms with Gasteiger partial charge in [0.2, 0.25) is 0 Å². The quantitative estimate of drug-likeness (QED) is 0.798. The van der Waals surface area contributed by atoms with Crippen LogP contribution in [0.4, 0.5) is 8.78 Å². The van der Waals surface area contributed by atoms with Crippen LogP contribution in [0.25, 0.3) is 11.3 Å². The van der Waals surface area contributed by atoms with Crippen LogP contribution >= 0.6 is 0 Å². The lowest BCUT2D eigenvalue weighted by molar-refractivity contribution is 0.136. The summed E-state index contributed by atoms with van der Waals surface area (Å²) in [5.74, 6) is 0.263. The van der Waals surface area contributed by atoms with Gasteiger partial charge >= 0.3 is 0 Å². The first kappa shape index (κ1) is 19.2. The number of nitrogens with two attached hydrogens (primary N) is 1. The number of hydrogen-bond donors (Lipinski definition) is 1. The number of halogens is 2. The molecule has 0 spiro atoms. The Balaban J connectivity index is 2.19. The van der Waals surface area contributed by atoms with Gasteiger partial charge in [-0.25, -0.2) is 13.8 Å². The monoisotopic (exact) mass is 349 g/mol. The van der Waals surface area contributed by atoms with Crippen LogP contribution in [0.5, 0.6) is 5.75 Å². The van der Waals surface area contributed by atoms with Crippen molar-refractivity contribution in [2.75, 3.05) is 6.61 Å². The van der Waals surface area contributed by atoms with Crippen molar-refractivity contribution in [1.82, 2.24) is 9.97 Å². The Morgan fingerprint density at radius 3 is 2.56 bits per heavy atom. The lowest BCUT2D eigenvalue weighted by Gasteiger charge is -2.23. The minimum absolute atomic E-state index is 0.117. The number of pyridine rings is 2. The van der Waals surface area contributed by atoms with E-state index < -0.39 is 6.43 Å². The summed E-state index contributed by atoms with van der Waals surface area (Å²) in [4.78, 5) is 8.22. The molecule has 2 rings (SSSR count). The Morgan fingerprint density at radius 2 is 1.96 bits per heavy atom. The molecule has 25 heavy (non-hydrogen) atoms. The maximum atomic E-state index is 13.4. The first-order valence-electron chi connectivity index (χ1n) is 8.29. The smallest absolute Gasteiger partial charge is 0.284 e. The summed E-state index contributed by atoms with van der Waals surface area (Å²) < 4.78 is 32.5. The Kier molecular flexibility index (Phi) is 6.06. The molecule has 0 aliphatic rings. The topological polar surface area (TPSA) is 61.0 Å². The van der Waals surface area contributed by atoms with E-state index in [1.54, 1.807) is 24.4 Å². The third-order valence-corrected chi connectivity index (χ3v) is 3.68. The van der Waals surface area contributed by atoms with Crippen LogP contribution in [0.1, 0.15) is 45.0 Å². The second-order valence-electron chi connectivity index (χ2n) is 7.18. The van der Waals surface area contributed by atoms with E-state index >= 15 is 0 Å². The SMILES string of the molecule is Cc1cc(-c2ccc(OC[C@@H](C)CC(C)(C)N)c(C(F)F)n2)ccn1. The predicted octanol–water partition coefficient (Wildman–Crippen LogP) is 4.53. The molecule has 136 valence electrons. The first-order chi connectivity index (χ1) is 11.7. The zero-order valence-corrected chi connectivity index (χ0v) is 15.1. The molecule has 6 heteroatoms. The molecule has 0 saturated carbocycles. The fraction of sp³-hybridized carbons (Fsp3) is 0.474.